The Labute approximate surface area is 111 Å². The van der Waals surface area contributed by atoms with Crippen LogP contribution in [0.25, 0.3) is 0 Å². The van der Waals surface area contributed by atoms with Crippen molar-refractivity contribution in [3.63, 3.8) is 0 Å². The van der Waals surface area contributed by atoms with E-state index in [1.54, 1.807) is 0 Å². The van der Waals surface area contributed by atoms with Gasteiger partial charge in [0.15, 0.2) is 0 Å². The van der Waals surface area contributed by atoms with Crippen LogP contribution in [0.2, 0.25) is 0 Å². The minimum atomic E-state index is -1.34. The summed E-state index contributed by atoms with van der Waals surface area (Å²) in [5.74, 6) is -0.840. The maximum absolute atomic E-state index is 10.3. The van der Waals surface area contributed by atoms with Gasteiger partial charge in [0.25, 0.3) is 0 Å². The summed E-state index contributed by atoms with van der Waals surface area (Å²) in [5.41, 5.74) is 0. The van der Waals surface area contributed by atoms with Crippen molar-refractivity contribution in [3.8, 4) is 0 Å². The Morgan fingerprint density at radius 3 is 2.16 bits per heavy atom. The van der Waals surface area contributed by atoms with Gasteiger partial charge in [0.2, 0.25) is 0 Å². The maximum atomic E-state index is 10.3. The summed E-state index contributed by atoms with van der Waals surface area (Å²) >= 11 is 0. The number of unbranched alkanes of at least 4 members (excludes halogenated alkanes) is 2. The van der Waals surface area contributed by atoms with Crippen molar-refractivity contribution >= 4 is 5.97 Å². The van der Waals surface area contributed by atoms with E-state index in [0.717, 1.165) is 0 Å². The third-order valence-corrected chi connectivity index (χ3v) is 3.37. The van der Waals surface area contributed by atoms with Gasteiger partial charge in [-0.3, -0.25) is 4.79 Å². The molecule has 7 nitrogen and oxygen atoms in total. The summed E-state index contributed by atoms with van der Waals surface area (Å²) in [7, 11) is 0. The summed E-state index contributed by atoms with van der Waals surface area (Å²) < 4.78 is 5.33. The van der Waals surface area contributed by atoms with Gasteiger partial charge in [-0.1, -0.05) is 12.8 Å². The fourth-order valence-electron chi connectivity index (χ4n) is 2.22. The minimum absolute atomic E-state index is 0.106. The number of aliphatic carboxylic acids is 1. The second-order valence-electron chi connectivity index (χ2n) is 4.86. The Morgan fingerprint density at radius 2 is 1.58 bits per heavy atom. The quantitative estimate of drug-likeness (QED) is 0.373. The largest absolute Gasteiger partial charge is 0.481 e. The van der Waals surface area contributed by atoms with Gasteiger partial charge >= 0.3 is 5.97 Å². The number of ether oxygens (including phenoxy) is 1. The first kappa shape index (κ1) is 16.3. The number of carbonyl (C=O) groups is 1. The second-order valence-corrected chi connectivity index (χ2v) is 4.86. The monoisotopic (exact) mass is 278 g/mol. The number of carboxylic acid groups (broad SMARTS) is 1. The Balaban J connectivity index is 2.33. The van der Waals surface area contributed by atoms with Gasteiger partial charge in [-0.15, -0.1) is 0 Å². The zero-order chi connectivity index (χ0) is 14.4. The molecule has 1 aliphatic rings. The molecule has 0 aromatic rings. The fourth-order valence-corrected chi connectivity index (χ4v) is 2.22. The smallest absolute Gasteiger partial charge is 0.303 e. The topological polar surface area (TPSA) is 127 Å². The first-order valence-corrected chi connectivity index (χ1v) is 6.49. The molecule has 0 saturated carbocycles. The number of aliphatic hydroxyl groups is 4. The summed E-state index contributed by atoms with van der Waals surface area (Å²) in [6.07, 6.45) is -2.96. The number of carboxylic acids is 1. The van der Waals surface area contributed by atoms with Gasteiger partial charge in [-0.25, -0.2) is 0 Å². The highest BCUT2D eigenvalue weighted by Crippen LogP contribution is 2.24. The average Bonchev–Trinajstić information content (AvgIpc) is 2.37. The molecule has 1 aliphatic heterocycles. The Kier molecular flexibility index (Phi) is 6.67. The molecule has 7 heteroatoms. The summed E-state index contributed by atoms with van der Waals surface area (Å²) in [6, 6.07) is 0. The van der Waals surface area contributed by atoms with Gasteiger partial charge in [-0.05, 0) is 12.8 Å². The van der Waals surface area contributed by atoms with Crippen LogP contribution in [0.1, 0.15) is 32.1 Å². The highest BCUT2D eigenvalue weighted by atomic mass is 16.5. The normalized spacial score (nSPS) is 35.3. The summed E-state index contributed by atoms with van der Waals surface area (Å²) in [4.78, 5) is 10.3. The van der Waals surface area contributed by atoms with Crippen LogP contribution in [0.15, 0.2) is 0 Å². The molecule has 0 aromatic carbocycles. The lowest BCUT2D eigenvalue weighted by Gasteiger charge is -2.40. The van der Waals surface area contributed by atoms with E-state index in [1.165, 1.54) is 0 Å². The molecule has 0 aromatic heterocycles. The van der Waals surface area contributed by atoms with E-state index in [9.17, 15) is 20.1 Å². The molecular formula is C12H22O7. The molecule has 0 radical (unpaired) electrons. The van der Waals surface area contributed by atoms with Crippen LogP contribution in [-0.4, -0.2) is 68.6 Å². The van der Waals surface area contributed by atoms with Crippen molar-refractivity contribution < 1.29 is 35.1 Å². The van der Waals surface area contributed by atoms with Crippen molar-refractivity contribution in [2.75, 3.05) is 6.61 Å². The number of aliphatic hydroxyl groups excluding tert-OH is 4. The van der Waals surface area contributed by atoms with Crippen molar-refractivity contribution in [2.24, 2.45) is 0 Å². The molecule has 112 valence electrons. The molecule has 5 atom stereocenters. The molecular weight excluding hydrogens is 256 g/mol. The molecule has 19 heavy (non-hydrogen) atoms. The van der Waals surface area contributed by atoms with Gasteiger partial charge in [0, 0.05) is 6.42 Å². The van der Waals surface area contributed by atoms with Gasteiger partial charge in [0.05, 0.1) is 12.7 Å². The standard InChI is InChI=1S/C12H22O7/c13-6-8-11(17)12(18)10(16)7(19-8)4-2-1-3-5-9(14)15/h7-8,10-13,16-18H,1-6H2,(H,14,15)/t7?,8-,10+,11-,12-/m1/s1. The zero-order valence-electron chi connectivity index (χ0n) is 10.7. The molecule has 0 bridgehead atoms. The Bertz CT molecular complexity index is 281. The zero-order valence-corrected chi connectivity index (χ0v) is 10.7. The SMILES string of the molecule is O=C(O)CCCCCC1O[C@H](CO)[C@@H](O)[C@H](O)[C@H]1O. The van der Waals surface area contributed by atoms with Crippen LogP contribution in [0, 0.1) is 0 Å². The minimum Gasteiger partial charge on any atom is -0.481 e. The predicted octanol–water partition coefficient (Wildman–Crippen LogP) is -1.14. The van der Waals surface area contributed by atoms with Crippen molar-refractivity contribution in [2.45, 2.75) is 62.6 Å². The van der Waals surface area contributed by atoms with E-state index in [-0.39, 0.29) is 6.42 Å². The van der Waals surface area contributed by atoms with Crippen LogP contribution < -0.4 is 0 Å². The maximum Gasteiger partial charge on any atom is 0.303 e. The lowest BCUT2D eigenvalue weighted by Crippen LogP contribution is -2.58. The Hall–Kier alpha value is -0.730. The Morgan fingerprint density at radius 1 is 0.947 bits per heavy atom. The van der Waals surface area contributed by atoms with E-state index < -0.39 is 43.1 Å². The molecule has 1 saturated heterocycles. The van der Waals surface area contributed by atoms with E-state index in [0.29, 0.717) is 25.7 Å². The molecule has 0 amide bonds. The third-order valence-electron chi connectivity index (χ3n) is 3.37. The highest BCUT2D eigenvalue weighted by Gasteiger charge is 2.42. The van der Waals surface area contributed by atoms with Crippen molar-refractivity contribution in [1.82, 2.24) is 0 Å². The van der Waals surface area contributed by atoms with Gasteiger partial charge in [0.1, 0.15) is 24.4 Å². The highest BCUT2D eigenvalue weighted by molar-refractivity contribution is 5.66. The van der Waals surface area contributed by atoms with Crippen LogP contribution in [0.5, 0.6) is 0 Å². The predicted molar refractivity (Wildman–Crippen MR) is 64.5 cm³/mol. The number of hydrogen-bond donors (Lipinski definition) is 5. The number of hydrogen-bond acceptors (Lipinski definition) is 6. The summed E-state index contributed by atoms with van der Waals surface area (Å²) in [6.45, 7) is -0.430. The molecule has 0 spiro atoms. The summed E-state index contributed by atoms with van der Waals surface area (Å²) in [5, 5.41) is 46.4. The molecule has 1 heterocycles. The lowest BCUT2D eigenvalue weighted by molar-refractivity contribution is -0.230. The molecule has 0 aliphatic carbocycles. The van der Waals surface area contributed by atoms with Gasteiger partial charge in [-0.2, -0.15) is 0 Å². The van der Waals surface area contributed by atoms with E-state index >= 15 is 0 Å². The van der Waals surface area contributed by atoms with Crippen molar-refractivity contribution in [3.05, 3.63) is 0 Å². The second kappa shape index (κ2) is 7.76. The third kappa shape index (κ3) is 4.70. The fraction of sp³-hybridized carbons (Fsp3) is 0.917. The molecule has 5 N–H and O–H groups in total. The average molecular weight is 278 g/mol. The lowest BCUT2D eigenvalue weighted by atomic mass is 9.92. The van der Waals surface area contributed by atoms with Crippen LogP contribution >= 0.6 is 0 Å². The van der Waals surface area contributed by atoms with Crippen LogP contribution in [0.3, 0.4) is 0 Å². The first-order valence-electron chi connectivity index (χ1n) is 6.49. The van der Waals surface area contributed by atoms with Crippen molar-refractivity contribution in [1.29, 1.82) is 0 Å². The first-order chi connectivity index (χ1) is 8.97. The van der Waals surface area contributed by atoms with Crippen LogP contribution in [-0.2, 0) is 9.53 Å². The van der Waals surface area contributed by atoms with E-state index in [4.69, 9.17) is 14.9 Å². The van der Waals surface area contributed by atoms with Crippen LogP contribution in [0.4, 0.5) is 0 Å². The molecule has 1 rings (SSSR count). The molecule has 1 fully saturated rings. The number of rotatable bonds is 7. The van der Waals surface area contributed by atoms with E-state index in [2.05, 4.69) is 0 Å². The van der Waals surface area contributed by atoms with E-state index in [1.807, 2.05) is 0 Å². The van der Waals surface area contributed by atoms with Gasteiger partial charge < -0.3 is 30.3 Å². The molecule has 1 unspecified atom stereocenters.